The Morgan fingerprint density at radius 2 is 1.69 bits per heavy atom. The molecule has 0 aliphatic heterocycles. The number of unbranched alkanes of at least 4 members (excludes halogenated alkanes) is 1. The van der Waals surface area contributed by atoms with E-state index in [9.17, 15) is 0 Å². The lowest BCUT2D eigenvalue weighted by atomic mass is 10.4. The number of hydrogen-bond acceptors (Lipinski definition) is 1. The predicted molar refractivity (Wildman–Crippen MR) is 63.1 cm³/mol. The third kappa shape index (κ3) is 5.04. The monoisotopic (exact) mass is 222 g/mol. The first-order valence-corrected chi connectivity index (χ1v) is 8.51. The highest BCUT2D eigenvalue weighted by Gasteiger charge is 2.29. The van der Waals surface area contributed by atoms with Crippen molar-refractivity contribution in [2.24, 2.45) is 0 Å². The minimum Gasteiger partial charge on any atom is -0.417 e. The van der Waals surface area contributed by atoms with Crippen LogP contribution in [-0.2, 0) is 4.43 Å². The van der Waals surface area contributed by atoms with Gasteiger partial charge in [-0.15, -0.1) is 11.6 Å². The van der Waals surface area contributed by atoms with Crippen molar-refractivity contribution in [1.82, 2.24) is 0 Å². The molecule has 0 fully saturated rings. The molecule has 0 aromatic heterocycles. The molecule has 0 aliphatic rings. The summed E-state index contributed by atoms with van der Waals surface area (Å²) in [7, 11) is -1.34. The lowest BCUT2D eigenvalue weighted by Gasteiger charge is -2.28. The van der Waals surface area contributed by atoms with Crippen molar-refractivity contribution in [1.29, 1.82) is 0 Å². The van der Waals surface area contributed by atoms with Crippen LogP contribution in [0.2, 0.25) is 18.1 Å². The molecule has 1 nitrogen and oxygen atoms in total. The molecule has 0 spiro atoms. The van der Waals surface area contributed by atoms with E-state index >= 15 is 0 Å². The molecule has 0 saturated carbocycles. The summed E-state index contributed by atoms with van der Waals surface area (Å²) in [6, 6.07) is 3.79. The van der Waals surface area contributed by atoms with Crippen LogP contribution >= 0.6 is 11.6 Å². The summed E-state index contributed by atoms with van der Waals surface area (Å²) in [5.41, 5.74) is 0. The lowest BCUT2D eigenvalue weighted by Crippen LogP contribution is -2.36. The SMILES string of the molecule is CCO[Si](CC)(CC)CCCCCl. The summed E-state index contributed by atoms with van der Waals surface area (Å²) in [4.78, 5) is 0. The van der Waals surface area contributed by atoms with Gasteiger partial charge >= 0.3 is 0 Å². The minimum absolute atomic E-state index is 0.796. The van der Waals surface area contributed by atoms with Crippen LogP contribution in [0.15, 0.2) is 0 Å². The molecule has 0 aromatic carbocycles. The van der Waals surface area contributed by atoms with Crippen molar-refractivity contribution in [3.8, 4) is 0 Å². The molecule has 13 heavy (non-hydrogen) atoms. The molecule has 0 N–H and O–H groups in total. The van der Waals surface area contributed by atoms with Crippen LogP contribution in [0, 0.1) is 0 Å². The van der Waals surface area contributed by atoms with E-state index in [1.54, 1.807) is 0 Å². The highest BCUT2D eigenvalue weighted by Crippen LogP contribution is 2.24. The van der Waals surface area contributed by atoms with Gasteiger partial charge in [0.25, 0.3) is 0 Å². The molecule has 0 heterocycles. The summed E-state index contributed by atoms with van der Waals surface area (Å²) in [5, 5.41) is 0. The average Bonchev–Trinajstić information content (AvgIpc) is 2.17. The second kappa shape index (κ2) is 7.83. The molecule has 0 rings (SSSR count). The van der Waals surface area contributed by atoms with Crippen molar-refractivity contribution < 1.29 is 4.43 Å². The smallest absolute Gasteiger partial charge is 0.192 e. The Hall–Kier alpha value is 0.467. The predicted octanol–water partition coefficient (Wildman–Crippen LogP) is 4.03. The molecular weight excluding hydrogens is 200 g/mol. The number of rotatable bonds is 8. The van der Waals surface area contributed by atoms with Gasteiger partial charge in [0.15, 0.2) is 8.32 Å². The van der Waals surface area contributed by atoms with E-state index in [1.165, 1.54) is 24.6 Å². The summed E-state index contributed by atoms with van der Waals surface area (Å²) in [6.07, 6.45) is 2.39. The van der Waals surface area contributed by atoms with Crippen LogP contribution in [0.3, 0.4) is 0 Å². The average molecular weight is 223 g/mol. The molecule has 0 unspecified atom stereocenters. The van der Waals surface area contributed by atoms with Gasteiger partial charge < -0.3 is 4.43 Å². The third-order valence-corrected chi connectivity index (χ3v) is 7.77. The van der Waals surface area contributed by atoms with E-state index < -0.39 is 8.32 Å². The Kier molecular flexibility index (Phi) is 8.11. The molecule has 0 radical (unpaired) electrons. The first-order valence-electron chi connectivity index (χ1n) is 5.44. The first-order chi connectivity index (χ1) is 6.24. The zero-order chi connectivity index (χ0) is 10.2. The van der Waals surface area contributed by atoms with Crippen molar-refractivity contribution in [3.05, 3.63) is 0 Å². The topological polar surface area (TPSA) is 9.23 Å². The van der Waals surface area contributed by atoms with Gasteiger partial charge in [0.1, 0.15) is 0 Å². The Morgan fingerprint density at radius 1 is 1.08 bits per heavy atom. The molecular formula is C10H23ClOSi. The zero-order valence-electron chi connectivity index (χ0n) is 9.24. The van der Waals surface area contributed by atoms with Crippen LogP contribution in [-0.4, -0.2) is 20.8 Å². The fraction of sp³-hybridized carbons (Fsp3) is 1.00. The number of hydrogen-bond donors (Lipinski definition) is 0. The van der Waals surface area contributed by atoms with E-state index in [4.69, 9.17) is 16.0 Å². The normalized spacial score (nSPS) is 12.0. The second-order valence-corrected chi connectivity index (χ2v) is 8.42. The zero-order valence-corrected chi connectivity index (χ0v) is 11.0. The van der Waals surface area contributed by atoms with E-state index in [2.05, 4.69) is 20.8 Å². The number of alkyl halides is 1. The van der Waals surface area contributed by atoms with E-state index in [1.807, 2.05) is 0 Å². The van der Waals surface area contributed by atoms with Crippen LogP contribution in [0.5, 0.6) is 0 Å². The summed E-state index contributed by atoms with van der Waals surface area (Å²) < 4.78 is 5.97. The second-order valence-electron chi connectivity index (χ2n) is 3.47. The molecule has 0 aromatic rings. The molecule has 0 aliphatic carbocycles. The van der Waals surface area contributed by atoms with Gasteiger partial charge in [-0.2, -0.15) is 0 Å². The van der Waals surface area contributed by atoms with Crippen LogP contribution < -0.4 is 0 Å². The molecule has 3 heteroatoms. The first kappa shape index (κ1) is 13.5. The summed E-state index contributed by atoms with van der Waals surface area (Å²) >= 11 is 5.67. The Bertz CT molecular complexity index is 115. The van der Waals surface area contributed by atoms with Gasteiger partial charge in [0.05, 0.1) is 0 Å². The fourth-order valence-corrected chi connectivity index (χ4v) is 5.18. The molecule has 0 amide bonds. The van der Waals surface area contributed by atoms with Gasteiger partial charge in [-0.25, -0.2) is 0 Å². The fourth-order valence-electron chi connectivity index (χ4n) is 1.73. The standard InChI is InChI=1S/C10H23ClOSi/c1-4-12-13(5-2,6-3)10-8-7-9-11/h4-10H2,1-3H3. The number of halogens is 1. The van der Waals surface area contributed by atoms with Gasteiger partial charge in [-0.3, -0.25) is 0 Å². The van der Waals surface area contributed by atoms with Gasteiger partial charge in [-0.05, 0) is 31.5 Å². The van der Waals surface area contributed by atoms with Crippen LogP contribution in [0.25, 0.3) is 0 Å². The maximum atomic E-state index is 5.97. The van der Waals surface area contributed by atoms with E-state index in [0.717, 1.165) is 18.9 Å². The van der Waals surface area contributed by atoms with E-state index in [-0.39, 0.29) is 0 Å². The quantitative estimate of drug-likeness (QED) is 0.342. The molecule has 0 bridgehead atoms. The maximum Gasteiger partial charge on any atom is 0.192 e. The highest BCUT2D eigenvalue weighted by atomic mass is 35.5. The van der Waals surface area contributed by atoms with Gasteiger partial charge in [-0.1, -0.05) is 20.3 Å². The van der Waals surface area contributed by atoms with Crippen LogP contribution in [0.1, 0.15) is 33.6 Å². The Labute approximate surface area is 88.9 Å². The molecule has 0 saturated heterocycles. The largest absolute Gasteiger partial charge is 0.417 e. The van der Waals surface area contributed by atoms with Crippen molar-refractivity contribution in [2.75, 3.05) is 12.5 Å². The van der Waals surface area contributed by atoms with Gasteiger partial charge in [0.2, 0.25) is 0 Å². The maximum absolute atomic E-state index is 5.97. The van der Waals surface area contributed by atoms with Crippen molar-refractivity contribution in [3.63, 3.8) is 0 Å². The van der Waals surface area contributed by atoms with Crippen LogP contribution in [0.4, 0.5) is 0 Å². The summed E-state index contributed by atoms with van der Waals surface area (Å²) in [6.45, 7) is 7.53. The summed E-state index contributed by atoms with van der Waals surface area (Å²) in [5.74, 6) is 0.796. The van der Waals surface area contributed by atoms with E-state index in [0.29, 0.717) is 0 Å². The highest BCUT2D eigenvalue weighted by molar-refractivity contribution is 6.73. The Morgan fingerprint density at radius 3 is 2.08 bits per heavy atom. The van der Waals surface area contributed by atoms with Gasteiger partial charge in [0, 0.05) is 12.5 Å². The lowest BCUT2D eigenvalue weighted by molar-refractivity contribution is 0.319. The minimum atomic E-state index is -1.34. The third-order valence-electron chi connectivity index (χ3n) is 2.76. The Balaban J connectivity index is 3.89. The molecule has 80 valence electrons. The van der Waals surface area contributed by atoms with Crippen molar-refractivity contribution >= 4 is 19.9 Å². The molecule has 0 atom stereocenters. The van der Waals surface area contributed by atoms with Crippen molar-refractivity contribution in [2.45, 2.75) is 51.7 Å².